The Bertz CT molecular complexity index is 328. The van der Waals surface area contributed by atoms with Gasteiger partial charge in [0.15, 0.2) is 0 Å². The van der Waals surface area contributed by atoms with E-state index < -0.39 is 12.6 Å². The van der Waals surface area contributed by atoms with Crippen LogP contribution in [0, 0.1) is 17.4 Å². The van der Waals surface area contributed by atoms with Gasteiger partial charge in [0.05, 0.1) is 6.42 Å². The molecule has 1 aliphatic heterocycles. The molecule has 1 rings (SSSR count). The number of piperidine rings is 1. The lowest BCUT2D eigenvalue weighted by Crippen LogP contribution is -2.48. The maximum absolute atomic E-state index is 12.2. The minimum absolute atomic E-state index is 0.0215. The van der Waals surface area contributed by atoms with Crippen LogP contribution in [-0.2, 0) is 0 Å². The van der Waals surface area contributed by atoms with E-state index in [1.165, 1.54) is 0 Å². The zero-order chi connectivity index (χ0) is 14.7. The summed E-state index contributed by atoms with van der Waals surface area (Å²) < 4.78 is 36.6. The van der Waals surface area contributed by atoms with Crippen molar-refractivity contribution in [3.8, 4) is 0 Å². The SMILES string of the molecule is [C-]#[N+]CC1(C(C)(C)C)CCN(CCC(F)(F)F)CC1. The van der Waals surface area contributed by atoms with Gasteiger partial charge >= 0.3 is 6.18 Å². The maximum atomic E-state index is 12.2. The number of nitrogens with zero attached hydrogens (tertiary/aromatic N) is 2. The van der Waals surface area contributed by atoms with Crippen molar-refractivity contribution < 1.29 is 13.2 Å². The van der Waals surface area contributed by atoms with Crippen LogP contribution in [0.25, 0.3) is 4.85 Å². The van der Waals surface area contributed by atoms with E-state index >= 15 is 0 Å². The predicted molar refractivity (Wildman–Crippen MR) is 69.7 cm³/mol. The second kappa shape index (κ2) is 5.70. The van der Waals surface area contributed by atoms with Gasteiger partial charge in [-0.1, -0.05) is 20.8 Å². The van der Waals surface area contributed by atoms with Crippen molar-refractivity contribution in [3.63, 3.8) is 0 Å². The molecule has 0 saturated carbocycles. The normalized spacial score (nSPS) is 21.1. The summed E-state index contributed by atoms with van der Waals surface area (Å²) in [5.74, 6) is 0. The van der Waals surface area contributed by atoms with Gasteiger partial charge in [0.1, 0.15) is 0 Å². The van der Waals surface area contributed by atoms with Gasteiger partial charge in [0.25, 0.3) is 0 Å². The van der Waals surface area contributed by atoms with Crippen LogP contribution in [0.4, 0.5) is 13.2 Å². The van der Waals surface area contributed by atoms with E-state index in [4.69, 9.17) is 6.57 Å². The third kappa shape index (κ3) is 4.38. The number of hydrogen-bond acceptors (Lipinski definition) is 1. The van der Waals surface area contributed by atoms with E-state index in [1.807, 2.05) is 4.90 Å². The van der Waals surface area contributed by atoms with E-state index in [1.54, 1.807) is 0 Å². The lowest BCUT2D eigenvalue weighted by Gasteiger charge is -2.46. The van der Waals surface area contributed by atoms with Crippen molar-refractivity contribution in [1.82, 2.24) is 4.90 Å². The van der Waals surface area contributed by atoms with Crippen LogP contribution < -0.4 is 0 Å². The number of rotatable bonds is 3. The lowest BCUT2D eigenvalue weighted by atomic mass is 9.61. The summed E-state index contributed by atoms with van der Waals surface area (Å²) >= 11 is 0. The molecule has 0 aromatic heterocycles. The first-order chi connectivity index (χ1) is 8.60. The molecule has 1 saturated heterocycles. The van der Waals surface area contributed by atoms with Crippen molar-refractivity contribution in [3.05, 3.63) is 11.4 Å². The average molecular weight is 276 g/mol. The molecule has 0 atom stereocenters. The fourth-order valence-electron chi connectivity index (χ4n) is 2.79. The van der Waals surface area contributed by atoms with Crippen molar-refractivity contribution in [2.24, 2.45) is 10.8 Å². The third-order valence-electron chi connectivity index (χ3n) is 4.50. The molecule has 1 heterocycles. The lowest BCUT2D eigenvalue weighted by molar-refractivity contribution is -0.139. The third-order valence-corrected chi connectivity index (χ3v) is 4.50. The van der Waals surface area contributed by atoms with E-state index in [2.05, 4.69) is 25.6 Å². The van der Waals surface area contributed by atoms with Crippen LogP contribution in [0.5, 0.6) is 0 Å². The fourth-order valence-corrected chi connectivity index (χ4v) is 2.79. The molecule has 0 aromatic rings. The van der Waals surface area contributed by atoms with Gasteiger partial charge in [-0.2, -0.15) is 13.2 Å². The monoisotopic (exact) mass is 276 g/mol. The van der Waals surface area contributed by atoms with Crippen LogP contribution in [0.15, 0.2) is 0 Å². The predicted octanol–water partition coefficient (Wildman–Crippen LogP) is 3.99. The summed E-state index contributed by atoms with van der Waals surface area (Å²) in [7, 11) is 0. The molecule has 1 fully saturated rings. The minimum Gasteiger partial charge on any atom is -0.316 e. The number of likely N-dealkylation sites (tertiary alicyclic amines) is 1. The zero-order valence-corrected chi connectivity index (χ0v) is 12.0. The van der Waals surface area contributed by atoms with Gasteiger partial charge < -0.3 is 9.74 Å². The summed E-state index contributed by atoms with van der Waals surface area (Å²) in [5, 5.41) is 0. The summed E-state index contributed by atoms with van der Waals surface area (Å²) in [4.78, 5) is 5.44. The summed E-state index contributed by atoms with van der Waals surface area (Å²) in [6, 6.07) is 0. The molecule has 0 radical (unpaired) electrons. The van der Waals surface area contributed by atoms with Crippen LogP contribution in [-0.4, -0.2) is 37.3 Å². The van der Waals surface area contributed by atoms with E-state index in [0.717, 1.165) is 12.8 Å². The molecular weight excluding hydrogens is 253 g/mol. The molecule has 0 N–H and O–H groups in total. The quantitative estimate of drug-likeness (QED) is 0.707. The van der Waals surface area contributed by atoms with Crippen molar-refractivity contribution in [1.29, 1.82) is 0 Å². The maximum Gasteiger partial charge on any atom is 0.390 e. The van der Waals surface area contributed by atoms with Gasteiger partial charge in [-0.05, 0) is 31.3 Å². The smallest absolute Gasteiger partial charge is 0.316 e. The van der Waals surface area contributed by atoms with Gasteiger partial charge in [-0.25, -0.2) is 6.57 Å². The van der Waals surface area contributed by atoms with E-state index in [0.29, 0.717) is 19.6 Å². The topological polar surface area (TPSA) is 7.60 Å². The molecule has 110 valence electrons. The summed E-state index contributed by atoms with van der Waals surface area (Å²) in [6.07, 6.45) is -3.18. The molecule has 0 aliphatic carbocycles. The molecule has 1 aliphatic rings. The highest BCUT2D eigenvalue weighted by atomic mass is 19.4. The summed E-state index contributed by atoms with van der Waals surface area (Å²) in [6.45, 7) is 15.4. The highest BCUT2D eigenvalue weighted by Crippen LogP contribution is 2.47. The largest absolute Gasteiger partial charge is 0.390 e. The van der Waals surface area contributed by atoms with Crippen LogP contribution in [0.2, 0.25) is 0 Å². The molecule has 0 spiro atoms. The summed E-state index contributed by atoms with van der Waals surface area (Å²) in [5.41, 5.74) is -0.0306. The second-order valence-electron chi connectivity index (χ2n) is 6.55. The average Bonchev–Trinajstić information content (AvgIpc) is 2.26. The van der Waals surface area contributed by atoms with Gasteiger partial charge in [-0.3, -0.25) is 0 Å². The molecule has 0 amide bonds. The Morgan fingerprint density at radius 2 is 1.68 bits per heavy atom. The Morgan fingerprint density at radius 1 is 1.16 bits per heavy atom. The first-order valence-electron chi connectivity index (χ1n) is 6.72. The number of halogens is 3. The molecule has 0 unspecified atom stereocenters. The fraction of sp³-hybridized carbons (Fsp3) is 0.929. The molecule has 19 heavy (non-hydrogen) atoms. The van der Waals surface area contributed by atoms with Crippen molar-refractivity contribution in [2.75, 3.05) is 26.2 Å². The second-order valence-corrected chi connectivity index (χ2v) is 6.55. The number of hydrogen-bond donors (Lipinski definition) is 0. The zero-order valence-electron chi connectivity index (χ0n) is 12.0. The highest BCUT2D eigenvalue weighted by molar-refractivity contribution is 4.98. The van der Waals surface area contributed by atoms with E-state index in [9.17, 15) is 13.2 Å². The van der Waals surface area contributed by atoms with Gasteiger partial charge in [-0.15, -0.1) is 0 Å². The van der Waals surface area contributed by atoms with Crippen molar-refractivity contribution >= 4 is 0 Å². The molecule has 0 bridgehead atoms. The van der Waals surface area contributed by atoms with Crippen LogP contribution in [0.3, 0.4) is 0 Å². The Morgan fingerprint density at radius 3 is 2.05 bits per heavy atom. The highest BCUT2D eigenvalue weighted by Gasteiger charge is 2.46. The van der Waals surface area contributed by atoms with Gasteiger partial charge in [0, 0.05) is 12.0 Å². The molecule has 5 heteroatoms. The standard InChI is InChI=1S/C14H23F3N2/c1-12(2,3)13(11-18-4)5-8-19(9-6-13)10-7-14(15,16)17/h5-11H2,1-3H3. The molecule has 2 nitrogen and oxygen atoms in total. The Balaban J connectivity index is 2.57. The Labute approximate surface area is 113 Å². The number of alkyl halides is 3. The molecule has 0 aromatic carbocycles. The van der Waals surface area contributed by atoms with Crippen LogP contribution in [0.1, 0.15) is 40.0 Å². The van der Waals surface area contributed by atoms with Crippen LogP contribution >= 0.6 is 0 Å². The molecular formula is C14H23F3N2. The Hall–Kier alpha value is -0.760. The van der Waals surface area contributed by atoms with Crippen molar-refractivity contribution in [2.45, 2.75) is 46.2 Å². The van der Waals surface area contributed by atoms with Gasteiger partial charge in [0.2, 0.25) is 6.54 Å². The first kappa shape index (κ1) is 16.3. The minimum atomic E-state index is -4.07. The Kier molecular flexibility index (Phi) is 4.89. The first-order valence-corrected chi connectivity index (χ1v) is 6.72. The van der Waals surface area contributed by atoms with E-state index in [-0.39, 0.29) is 17.4 Å².